The number of nitriles is 1. The molecular formula is C17H16FN5O3S. The third-order valence-corrected chi connectivity index (χ3v) is 4.82. The molecule has 27 heavy (non-hydrogen) atoms. The molecule has 0 radical (unpaired) electrons. The van der Waals surface area contributed by atoms with E-state index in [1.807, 2.05) is 6.07 Å². The first-order chi connectivity index (χ1) is 12.9. The summed E-state index contributed by atoms with van der Waals surface area (Å²) in [6.45, 7) is 1.77. The van der Waals surface area contributed by atoms with Crippen LogP contribution in [0.3, 0.4) is 0 Å². The number of ether oxygens (including phenoxy) is 1. The highest BCUT2D eigenvalue weighted by Crippen LogP contribution is 2.31. The second-order valence-electron chi connectivity index (χ2n) is 5.90. The van der Waals surface area contributed by atoms with Gasteiger partial charge in [0, 0.05) is 17.9 Å². The van der Waals surface area contributed by atoms with Crippen molar-refractivity contribution in [2.24, 2.45) is 5.73 Å². The molecule has 2 aromatic rings. The topological polar surface area (TPSA) is 121 Å². The average Bonchev–Trinajstić information content (AvgIpc) is 3.26. The predicted molar refractivity (Wildman–Crippen MR) is 96.3 cm³/mol. The van der Waals surface area contributed by atoms with Crippen molar-refractivity contribution in [3.63, 3.8) is 0 Å². The van der Waals surface area contributed by atoms with Gasteiger partial charge in [0.2, 0.25) is 5.91 Å². The van der Waals surface area contributed by atoms with E-state index in [-0.39, 0.29) is 24.6 Å². The van der Waals surface area contributed by atoms with Crippen molar-refractivity contribution < 1.29 is 18.7 Å². The minimum atomic E-state index is -0.864. The van der Waals surface area contributed by atoms with Gasteiger partial charge in [-0.25, -0.2) is 14.2 Å². The third-order valence-electron chi connectivity index (χ3n) is 3.93. The number of anilines is 1. The van der Waals surface area contributed by atoms with Crippen molar-refractivity contribution in [3.05, 3.63) is 35.1 Å². The molecule has 0 spiro atoms. The number of rotatable bonds is 5. The third kappa shape index (κ3) is 4.05. The summed E-state index contributed by atoms with van der Waals surface area (Å²) >= 11 is 1.18. The van der Waals surface area contributed by atoms with E-state index in [0.29, 0.717) is 16.4 Å². The van der Waals surface area contributed by atoms with Gasteiger partial charge in [-0.05, 0) is 18.2 Å². The van der Waals surface area contributed by atoms with Gasteiger partial charge in [0.1, 0.15) is 23.0 Å². The fourth-order valence-corrected chi connectivity index (χ4v) is 3.44. The van der Waals surface area contributed by atoms with Gasteiger partial charge in [-0.15, -0.1) is 11.3 Å². The summed E-state index contributed by atoms with van der Waals surface area (Å²) in [6.07, 6.45) is -1.10. The Hall–Kier alpha value is -3.03. The smallest absolute Gasteiger partial charge is 0.414 e. The normalized spacial score (nSPS) is 17.3. The second kappa shape index (κ2) is 7.69. The Morgan fingerprint density at radius 3 is 3.07 bits per heavy atom. The van der Waals surface area contributed by atoms with E-state index in [4.69, 9.17) is 15.7 Å². The number of carbonyl (C=O) groups is 2. The molecule has 1 saturated heterocycles. The van der Waals surface area contributed by atoms with Crippen molar-refractivity contribution in [1.82, 2.24) is 10.3 Å². The molecule has 0 aliphatic carbocycles. The summed E-state index contributed by atoms with van der Waals surface area (Å²) in [6, 6.07) is 5.34. The van der Waals surface area contributed by atoms with Crippen LogP contribution in [0.2, 0.25) is 0 Å². The van der Waals surface area contributed by atoms with Crippen molar-refractivity contribution in [3.8, 4) is 16.6 Å². The molecule has 8 nitrogen and oxygen atoms in total. The van der Waals surface area contributed by atoms with Crippen LogP contribution in [0, 0.1) is 17.1 Å². The molecule has 0 saturated carbocycles. The maximum absolute atomic E-state index is 14.6. The highest BCUT2D eigenvalue weighted by atomic mass is 32.1. The van der Waals surface area contributed by atoms with Crippen molar-refractivity contribution in [2.75, 3.05) is 18.0 Å². The monoisotopic (exact) mass is 389 g/mol. The maximum atomic E-state index is 14.6. The summed E-state index contributed by atoms with van der Waals surface area (Å²) in [4.78, 5) is 28.5. The summed E-state index contributed by atoms with van der Waals surface area (Å²) < 4.78 is 19.8. The Morgan fingerprint density at radius 2 is 2.41 bits per heavy atom. The summed E-state index contributed by atoms with van der Waals surface area (Å²) in [5, 5.41) is 13.4. The fraction of sp³-hybridized carbons (Fsp3) is 0.294. The minimum Gasteiger partial charge on any atom is -0.442 e. The van der Waals surface area contributed by atoms with Crippen molar-refractivity contribution in [2.45, 2.75) is 19.1 Å². The zero-order valence-corrected chi connectivity index (χ0v) is 15.1. The zero-order chi connectivity index (χ0) is 19.6. The minimum absolute atomic E-state index is 0.194. The largest absolute Gasteiger partial charge is 0.442 e. The van der Waals surface area contributed by atoms with Crippen LogP contribution >= 0.6 is 11.3 Å². The lowest BCUT2D eigenvalue weighted by atomic mass is 10.2. The number of thiazole rings is 1. The van der Waals surface area contributed by atoms with Gasteiger partial charge in [-0.1, -0.05) is 0 Å². The number of hydrogen-bond donors (Lipinski definition) is 2. The SMILES string of the molecule is CC(=O)NCC1CN(c2ccc(-c3nc(C(N)C#N)cs3)c(F)c2)C(=O)O1. The molecule has 3 N–H and O–H groups in total. The molecule has 3 rings (SSSR count). The molecule has 2 amide bonds. The van der Waals surface area contributed by atoms with Crippen LogP contribution < -0.4 is 16.0 Å². The molecule has 1 aromatic carbocycles. The highest BCUT2D eigenvalue weighted by molar-refractivity contribution is 7.13. The van der Waals surface area contributed by atoms with E-state index >= 15 is 0 Å². The number of nitrogens with zero attached hydrogens (tertiary/aromatic N) is 3. The lowest BCUT2D eigenvalue weighted by Gasteiger charge is -2.14. The molecule has 10 heteroatoms. The first-order valence-electron chi connectivity index (χ1n) is 8.02. The Kier molecular flexibility index (Phi) is 5.34. The number of carbonyl (C=O) groups excluding carboxylic acids is 2. The van der Waals surface area contributed by atoms with Gasteiger partial charge >= 0.3 is 6.09 Å². The quantitative estimate of drug-likeness (QED) is 0.806. The highest BCUT2D eigenvalue weighted by Gasteiger charge is 2.32. The Balaban J connectivity index is 1.77. The van der Waals surface area contributed by atoms with Crippen LogP contribution in [0.25, 0.3) is 10.6 Å². The number of hydrogen-bond acceptors (Lipinski definition) is 7. The number of nitrogens with one attached hydrogen (secondary N) is 1. The molecule has 2 atom stereocenters. The Labute approximate surface area is 158 Å². The maximum Gasteiger partial charge on any atom is 0.414 e. The average molecular weight is 389 g/mol. The van der Waals surface area contributed by atoms with E-state index in [2.05, 4.69) is 10.3 Å². The number of cyclic esters (lactones) is 1. The van der Waals surface area contributed by atoms with E-state index in [1.54, 1.807) is 11.4 Å². The molecule has 1 aromatic heterocycles. The van der Waals surface area contributed by atoms with Crippen LogP contribution in [-0.4, -0.2) is 36.2 Å². The van der Waals surface area contributed by atoms with Gasteiger partial charge in [0.05, 0.1) is 30.5 Å². The van der Waals surface area contributed by atoms with Crippen LogP contribution in [0.4, 0.5) is 14.9 Å². The van der Waals surface area contributed by atoms with Gasteiger partial charge < -0.3 is 15.8 Å². The molecular weight excluding hydrogens is 373 g/mol. The fourth-order valence-electron chi connectivity index (χ4n) is 2.56. The lowest BCUT2D eigenvalue weighted by molar-refractivity contribution is -0.119. The molecule has 2 heterocycles. The van der Waals surface area contributed by atoms with Crippen LogP contribution in [0.5, 0.6) is 0 Å². The first-order valence-corrected chi connectivity index (χ1v) is 8.90. The second-order valence-corrected chi connectivity index (χ2v) is 6.76. The molecule has 1 aliphatic rings. The Morgan fingerprint density at radius 1 is 1.63 bits per heavy atom. The summed E-state index contributed by atoms with van der Waals surface area (Å²) in [5.74, 6) is -0.782. The molecule has 0 bridgehead atoms. The van der Waals surface area contributed by atoms with Gasteiger partial charge in [0.25, 0.3) is 0 Å². The first kappa shape index (κ1) is 18.8. The predicted octanol–water partition coefficient (Wildman–Crippen LogP) is 1.93. The molecule has 2 unspecified atom stereocenters. The summed E-state index contributed by atoms with van der Waals surface area (Å²) in [5.41, 5.74) is 6.58. The number of nitrogens with two attached hydrogens (primary N) is 1. The van der Waals surface area contributed by atoms with Crippen LogP contribution in [0.1, 0.15) is 18.7 Å². The van der Waals surface area contributed by atoms with E-state index in [1.165, 1.54) is 35.3 Å². The lowest BCUT2D eigenvalue weighted by Crippen LogP contribution is -2.33. The van der Waals surface area contributed by atoms with Crippen molar-refractivity contribution >= 4 is 29.0 Å². The summed E-state index contributed by atoms with van der Waals surface area (Å²) in [7, 11) is 0. The molecule has 140 valence electrons. The van der Waals surface area contributed by atoms with Gasteiger partial charge in [0.15, 0.2) is 0 Å². The van der Waals surface area contributed by atoms with Gasteiger partial charge in [-0.2, -0.15) is 5.26 Å². The van der Waals surface area contributed by atoms with Crippen LogP contribution in [-0.2, 0) is 9.53 Å². The van der Waals surface area contributed by atoms with E-state index < -0.39 is 24.1 Å². The zero-order valence-electron chi connectivity index (χ0n) is 14.3. The Bertz CT molecular complexity index is 926. The van der Waals surface area contributed by atoms with Crippen LogP contribution in [0.15, 0.2) is 23.6 Å². The van der Waals surface area contributed by atoms with Gasteiger partial charge in [-0.3, -0.25) is 9.69 Å². The van der Waals surface area contributed by atoms with E-state index in [0.717, 1.165) is 0 Å². The number of halogens is 1. The van der Waals surface area contributed by atoms with E-state index in [9.17, 15) is 14.0 Å². The molecule has 1 aliphatic heterocycles. The van der Waals surface area contributed by atoms with Crippen molar-refractivity contribution in [1.29, 1.82) is 5.26 Å². The molecule has 1 fully saturated rings. The number of benzene rings is 1. The number of aromatic nitrogens is 1. The standard InChI is InChI=1S/C17H16FN5O3S/c1-9(24)21-6-11-7-23(17(25)26-11)10-2-3-12(13(18)4-10)16-22-15(8-27-16)14(20)5-19/h2-4,8,11,14H,6-7,20H2,1H3,(H,21,24). The number of amides is 2.